The second-order valence-corrected chi connectivity index (χ2v) is 7.07. The Bertz CT molecular complexity index is 399. The van der Waals surface area contributed by atoms with Gasteiger partial charge in [-0.1, -0.05) is 6.92 Å². The molecule has 0 saturated carbocycles. The Morgan fingerprint density at radius 2 is 2.39 bits per heavy atom. The van der Waals surface area contributed by atoms with E-state index in [4.69, 9.17) is 0 Å². The van der Waals surface area contributed by atoms with Crippen molar-refractivity contribution in [1.29, 1.82) is 0 Å². The molecule has 0 aliphatic carbocycles. The molecule has 6 heteroatoms. The Morgan fingerprint density at radius 3 is 3.00 bits per heavy atom. The Balaban J connectivity index is 0.00000162. The van der Waals surface area contributed by atoms with E-state index in [9.17, 15) is 4.79 Å². The van der Waals surface area contributed by atoms with Crippen LogP contribution in [0.3, 0.4) is 0 Å². The second kappa shape index (κ2) is 7.48. The summed E-state index contributed by atoms with van der Waals surface area (Å²) in [7, 11) is 0. The van der Waals surface area contributed by atoms with Gasteiger partial charge in [0.25, 0.3) is 0 Å². The number of carbonyl (C=O) groups is 1. The molecule has 1 aromatic rings. The Kier molecular flexibility index (Phi) is 6.63. The number of carbonyl (C=O) groups excluding carboxylic acids is 1. The summed E-state index contributed by atoms with van der Waals surface area (Å²) in [4.78, 5) is 13.0. The highest BCUT2D eigenvalue weighted by atomic mass is 79.9. The maximum Gasteiger partial charge on any atom is 0.225 e. The molecule has 2 atom stereocenters. The van der Waals surface area contributed by atoms with Crippen molar-refractivity contribution in [2.45, 2.75) is 25.8 Å². The summed E-state index contributed by atoms with van der Waals surface area (Å²) in [5, 5.41) is 6.44. The molecule has 0 radical (unpaired) electrons. The first-order valence-corrected chi connectivity index (χ1v) is 7.50. The van der Waals surface area contributed by atoms with Gasteiger partial charge in [-0.2, -0.15) is 0 Å². The summed E-state index contributed by atoms with van der Waals surface area (Å²) in [6, 6.07) is 4.26. The molecule has 18 heavy (non-hydrogen) atoms. The quantitative estimate of drug-likeness (QED) is 0.877. The summed E-state index contributed by atoms with van der Waals surface area (Å²) < 4.78 is 1.08. The molecule has 1 aliphatic rings. The van der Waals surface area contributed by atoms with Gasteiger partial charge in [-0.25, -0.2) is 0 Å². The van der Waals surface area contributed by atoms with Gasteiger partial charge < -0.3 is 10.6 Å². The molecule has 102 valence electrons. The minimum absolute atomic E-state index is 0. The average Bonchev–Trinajstić information content (AvgIpc) is 2.67. The maximum atomic E-state index is 11.9. The fourth-order valence-electron chi connectivity index (χ4n) is 2.05. The first-order chi connectivity index (χ1) is 8.15. The van der Waals surface area contributed by atoms with Crippen LogP contribution >= 0.6 is 39.7 Å². The van der Waals surface area contributed by atoms with Gasteiger partial charge in [0.2, 0.25) is 5.91 Å². The van der Waals surface area contributed by atoms with Crippen LogP contribution in [0.15, 0.2) is 15.9 Å². The Hall–Kier alpha value is -0.100. The zero-order valence-corrected chi connectivity index (χ0v) is 13.5. The van der Waals surface area contributed by atoms with E-state index < -0.39 is 0 Å². The number of piperidine rings is 1. The van der Waals surface area contributed by atoms with Gasteiger partial charge in [0, 0.05) is 17.5 Å². The zero-order valence-electron chi connectivity index (χ0n) is 10.2. The van der Waals surface area contributed by atoms with Crippen molar-refractivity contribution in [3.05, 3.63) is 20.8 Å². The minimum atomic E-state index is 0. The largest absolute Gasteiger partial charge is 0.352 e. The van der Waals surface area contributed by atoms with E-state index in [1.165, 1.54) is 0 Å². The van der Waals surface area contributed by atoms with Crippen LogP contribution in [-0.2, 0) is 11.2 Å². The van der Waals surface area contributed by atoms with Crippen LogP contribution in [0.1, 0.15) is 18.2 Å². The zero-order chi connectivity index (χ0) is 12.3. The first-order valence-electron chi connectivity index (χ1n) is 5.89. The molecule has 0 aromatic carbocycles. The Labute approximate surface area is 126 Å². The summed E-state index contributed by atoms with van der Waals surface area (Å²) in [6.07, 6.45) is 1.62. The molecule has 2 heterocycles. The van der Waals surface area contributed by atoms with E-state index in [0.717, 1.165) is 28.2 Å². The standard InChI is InChI=1S/C12H17BrN2OS.ClH/c1-8-4-5-14-7-10(8)15-12(16)6-9-2-3-11(13)17-9;/h2-3,8,10,14H,4-7H2,1H3,(H,15,16);1H. The van der Waals surface area contributed by atoms with E-state index >= 15 is 0 Å². The van der Waals surface area contributed by atoms with Gasteiger partial charge in [0.1, 0.15) is 0 Å². The molecule has 2 N–H and O–H groups in total. The summed E-state index contributed by atoms with van der Waals surface area (Å²) in [6.45, 7) is 4.15. The van der Waals surface area contributed by atoms with E-state index in [2.05, 4.69) is 33.5 Å². The van der Waals surface area contributed by atoms with Gasteiger partial charge in [0.05, 0.1) is 10.2 Å². The monoisotopic (exact) mass is 352 g/mol. The molecule has 3 nitrogen and oxygen atoms in total. The highest BCUT2D eigenvalue weighted by Crippen LogP contribution is 2.22. The molecular weight excluding hydrogens is 336 g/mol. The number of halogens is 2. The first kappa shape index (κ1) is 16.0. The SMILES string of the molecule is CC1CCNCC1NC(=O)Cc1ccc(Br)s1.Cl. The molecule has 0 spiro atoms. The Morgan fingerprint density at radius 1 is 1.61 bits per heavy atom. The minimum Gasteiger partial charge on any atom is -0.352 e. The number of rotatable bonds is 3. The van der Waals surface area contributed by atoms with Crippen molar-refractivity contribution in [3.8, 4) is 0 Å². The summed E-state index contributed by atoms with van der Waals surface area (Å²) >= 11 is 5.03. The lowest BCUT2D eigenvalue weighted by Gasteiger charge is -2.30. The molecule has 1 saturated heterocycles. The summed E-state index contributed by atoms with van der Waals surface area (Å²) in [5.41, 5.74) is 0. The van der Waals surface area contributed by atoms with E-state index in [1.807, 2.05) is 12.1 Å². The fourth-order valence-corrected chi connectivity index (χ4v) is 3.53. The highest BCUT2D eigenvalue weighted by Gasteiger charge is 2.22. The molecule has 2 rings (SSSR count). The normalized spacial score (nSPS) is 23.2. The molecule has 1 aliphatic heterocycles. The second-order valence-electron chi connectivity index (χ2n) is 4.53. The fraction of sp³-hybridized carbons (Fsp3) is 0.583. The van der Waals surface area contributed by atoms with Crippen molar-refractivity contribution in [1.82, 2.24) is 10.6 Å². The molecule has 1 fully saturated rings. The van der Waals surface area contributed by atoms with Crippen LogP contribution in [0.4, 0.5) is 0 Å². The number of amides is 1. The molecule has 0 bridgehead atoms. The highest BCUT2D eigenvalue weighted by molar-refractivity contribution is 9.11. The van der Waals surface area contributed by atoms with Crippen molar-refractivity contribution < 1.29 is 4.79 Å². The molecule has 2 unspecified atom stereocenters. The van der Waals surface area contributed by atoms with Crippen molar-refractivity contribution in [3.63, 3.8) is 0 Å². The molecule has 1 aromatic heterocycles. The van der Waals surface area contributed by atoms with E-state index in [-0.39, 0.29) is 24.4 Å². The third-order valence-electron chi connectivity index (χ3n) is 3.14. The van der Waals surface area contributed by atoms with Crippen molar-refractivity contribution in [2.75, 3.05) is 13.1 Å². The predicted molar refractivity (Wildman–Crippen MR) is 81.6 cm³/mol. The smallest absolute Gasteiger partial charge is 0.225 e. The predicted octanol–water partition coefficient (Wildman–Crippen LogP) is 2.59. The van der Waals surface area contributed by atoms with E-state index in [1.54, 1.807) is 11.3 Å². The van der Waals surface area contributed by atoms with Gasteiger partial charge in [-0.3, -0.25) is 4.79 Å². The number of hydrogen-bond acceptors (Lipinski definition) is 3. The van der Waals surface area contributed by atoms with Gasteiger partial charge in [-0.05, 0) is 46.9 Å². The van der Waals surface area contributed by atoms with Crippen LogP contribution < -0.4 is 10.6 Å². The lowest BCUT2D eigenvalue weighted by molar-refractivity contribution is -0.121. The van der Waals surface area contributed by atoms with Crippen LogP contribution in [-0.4, -0.2) is 25.0 Å². The third kappa shape index (κ3) is 4.53. The molecular formula is C12H18BrClN2OS. The van der Waals surface area contributed by atoms with Gasteiger partial charge in [0.15, 0.2) is 0 Å². The maximum absolute atomic E-state index is 11.9. The van der Waals surface area contributed by atoms with E-state index in [0.29, 0.717) is 12.3 Å². The third-order valence-corrected chi connectivity index (χ3v) is 4.76. The number of nitrogens with one attached hydrogen (secondary N) is 2. The van der Waals surface area contributed by atoms with Crippen molar-refractivity contribution >= 4 is 45.6 Å². The number of hydrogen-bond donors (Lipinski definition) is 2. The summed E-state index contributed by atoms with van der Waals surface area (Å²) in [5.74, 6) is 0.690. The van der Waals surface area contributed by atoms with Gasteiger partial charge in [-0.15, -0.1) is 23.7 Å². The van der Waals surface area contributed by atoms with Crippen LogP contribution in [0.2, 0.25) is 0 Å². The van der Waals surface area contributed by atoms with Gasteiger partial charge >= 0.3 is 0 Å². The van der Waals surface area contributed by atoms with Crippen LogP contribution in [0, 0.1) is 5.92 Å². The average molecular weight is 354 g/mol. The lowest BCUT2D eigenvalue weighted by Crippen LogP contribution is -2.50. The van der Waals surface area contributed by atoms with Crippen molar-refractivity contribution in [2.24, 2.45) is 5.92 Å². The van der Waals surface area contributed by atoms with Crippen LogP contribution in [0.25, 0.3) is 0 Å². The lowest BCUT2D eigenvalue weighted by atomic mass is 9.95. The molecule has 1 amide bonds. The van der Waals surface area contributed by atoms with Crippen LogP contribution in [0.5, 0.6) is 0 Å². The number of thiophene rings is 1. The topological polar surface area (TPSA) is 41.1 Å².